The predicted molar refractivity (Wildman–Crippen MR) is 108 cm³/mol. The molecule has 0 saturated carbocycles. The summed E-state index contributed by atoms with van der Waals surface area (Å²) >= 11 is 5.71. The fourth-order valence-corrected chi connectivity index (χ4v) is 4.34. The van der Waals surface area contributed by atoms with Crippen LogP contribution in [0.25, 0.3) is 0 Å². The van der Waals surface area contributed by atoms with Crippen molar-refractivity contribution in [2.75, 3.05) is 11.5 Å². The van der Waals surface area contributed by atoms with Gasteiger partial charge in [-0.3, -0.25) is 4.90 Å². The van der Waals surface area contributed by atoms with Gasteiger partial charge in [0.1, 0.15) is 0 Å². The summed E-state index contributed by atoms with van der Waals surface area (Å²) in [5.74, 6) is 1.61. The largest absolute Gasteiger partial charge is 0.490 e. The second kappa shape index (κ2) is 6.47. The van der Waals surface area contributed by atoms with Gasteiger partial charge in [-0.2, -0.15) is 0 Å². The van der Waals surface area contributed by atoms with Crippen LogP contribution in [0.2, 0.25) is 0 Å². The minimum Gasteiger partial charge on any atom is -0.490 e. The summed E-state index contributed by atoms with van der Waals surface area (Å²) in [6, 6.07) is 14.7. The third-order valence-electron chi connectivity index (χ3n) is 5.17. The molecule has 2 aromatic carbocycles. The average Bonchev–Trinajstić information content (AvgIpc) is 2.62. The number of hydrogen-bond donors (Lipinski definition) is 1. The van der Waals surface area contributed by atoms with E-state index in [0.29, 0.717) is 11.7 Å². The summed E-state index contributed by atoms with van der Waals surface area (Å²) in [6.07, 6.45) is 1.83. The number of benzene rings is 2. The van der Waals surface area contributed by atoms with Gasteiger partial charge in [0.05, 0.1) is 12.6 Å². The molecule has 4 nitrogen and oxygen atoms in total. The Kier molecular flexibility index (Phi) is 4.27. The molecule has 2 aliphatic heterocycles. The lowest BCUT2D eigenvalue weighted by Crippen LogP contribution is -2.65. The SMILES string of the molecule is CCOc1cccc2c1O[C@]1(C)C[C@H]2NC(=S)N1c1ccc(CC)cc1. The number of aryl methyl sites for hydroxylation is 1. The molecule has 136 valence electrons. The summed E-state index contributed by atoms with van der Waals surface area (Å²) in [4.78, 5) is 2.09. The molecule has 26 heavy (non-hydrogen) atoms. The molecule has 1 saturated heterocycles. The van der Waals surface area contributed by atoms with Gasteiger partial charge in [0.15, 0.2) is 22.3 Å². The van der Waals surface area contributed by atoms with Crippen LogP contribution >= 0.6 is 12.2 Å². The van der Waals surface area contributed by atoms with Crippen molar-refractivity contribution in [3.8, 4) is 11.5 Å². The lowest BCUT2D eigenvalue weighted by molar-refractivity contribution is 0.0457. The van der Waals surface area contributed by atoms with Gasteiger partial charge in [0, 0.05) is 17.7 Å². The maximum atomic E-state index is 6.54. The zero-order chi connectivity index (χ0) is 18.3. The Morgan fingerprint density at radius 3 is 2.69 bits per heavy atom. The van der Waals surface area contributed by atoms with Crippen molar-refractivity contribution >= 4 is 23.0 Å². The standard InChI is InChI=1S/C21H24N2O2S/c1-4-14-9-11-15(12-10-14)23-20(26)22-17-13-21(23,3)25-19-16(17)7-6-8-18(19)24-5-2/h6-12,17H,4-5,13H2,1-3H3,(H,22,26)/t17-,21-/m1/s1. The smallest absolute Gasteiger partial charge is 0.188 e. The fraction of sp³-hybridized carbons (Fsp3) is 0.381. The number of thiocarbonyl (C=S) groups is 1. The van der Waals surface area contributed by atoms with Crippen LogP contribution < -0.4 is 19.7 Å². The van der Waals surface area contributed by atoms with E-state index < -0.39 is 5.72 Å². The summed E-state index contributed by atoms with van der Waals surface area (Å²) in [5, 5.41) is 4.19. The molecule has 1 N–H and O–H groups in total. The van der Waals surface area contributed by atoms with Gasteiger partial charge in [-0.05, 0) is 56.2 Å². The number of hydrogen-bond acceptors (Lipinski definition) is 3. The molecule has 1 fully saturated rings. The van der Waals surface area contributed by atoms with Crippen LogP contribution in [0.1, 0.15) is 44.4 Å². The molecule has 2 aromatic rings. The van der Waals surface area contributed by atoms with Gasteiger partial charge in [-0.1, -0.05) is 31.2 Å². The molecular weight excluding hydrogens is 344 g/mol. The van der Waals surface area contributed by atoms with E-state index in [0.717, 1.165) is 35.6 Å². The van der Waals surface area contributed by atoms with E-state index in [9.17, 15) is 0 Å². The average molecular weight is 369 g/mol. The van der Waals surface area contributed by atoms with Crippen molar-refractivity contribution in [1.82, 2.24) is 5.32 Å². The Balaban J connectivity index is 1.76. The number of anilines is 1. The van der Waals surface area contributed by atoms with Crippen molar-refractivity contribution in [2.45, 2.75) is 45.4 Å². The van der Waals surface area contributed by atoms with Crippen LogP contribution in [0, 0.1) is 0 Å². The van der Waals surface area contributed by atoms with E-state index in [1.165, 1.54) is 5.56 Å². The van der Waals surface area contributed by atoms with E-state index in [1.54, 1.807) is 0 Å². The number of ether oxygens (including phenoxy) is 2. The first-order valence-electron chi connectivity index (χ1n) is 9.20. The van der Waals surface area contributed by atoms with Crippen LogP contribution in [0.5, 0.6) is 11.5 Å². The van der Waals surface area contributed by atoms with Crippen molar-refractivity contribution < 1.29 is 9.47 Å². The van der Waals surface area contributed by atoms with Gasteiger partial charge >= 0.3 is 0 Å². The zero-order valence-corrected chi connectivity index (χ0v) is 16.2. The van der Waals surface area contributed by atoms with Gasteiger partial charge in [-0.25, -0.2) is 0 Å². The number of para-hydroxylation sites is 1. The molecule has 2 aliphatic rings. The van der Waals surface area contributed by atoms with Crippen molar-refractivity contribution in [1.29, 1.82) is 0 Å². The van der Waals surface area contributed by atoms with Crippen LogP contribution in [0.15, 0.2) is 42.5 Å². The monoisotopic (exact) mass is 368 g/mol. The highest BCUT2D eigenvalue weighted by Gasteiger charge is 2.49. The Bertz CT molecular complexity index is 836. The maximum absolute atomic E-state index is 6.54. The molecule has 2 bridgehead atoms. The third kappa shape index (κ3) is 2.71. The molecule has 0 unspecified atom stereocenters. The van der Waals surface area contributed by atoms with Gasteiger partial charge in [-0.15, -0.1) is 0 Å². The summed E-state index contributed by atoms with van der Waals surface area (Å²) < 4.78 is 12.3. The van der Waals surface area contributed by atoms with E-state index in [4.69, 9.17) is 21.7 Å². The minimum atomic E-state index is -0.555. The number of nitrogens with one attached hydrogen (secondary N) is 1. The Labute approximate surface area is 160 Å². The fourth-order valence-electron chi connectivity index (χ4n) is 3.90. The number of fused-ring (bicyclic) bond motifs is 4. The zero-order valence-electron chi connectivity index (χ0n) is 15.4. The molecule has 0 aliphatic carbocycles. The first kappa shape index (κ1) is 17.2. The molecular formula is C21H24N2O2S. The molecule has 4 rings (SSSR count). The van der Waals surface area contributed by atoms with Crippen molar-refractivity contribution in [3.05, 3.63) is 53.6 Å². The predicted octanol–water partition coefficient (Wildman–Crippen LogP) is 4.58. The van der Waals surface area contributed by atoms with Gasteiger partial charge in [0.2, 0.25) is 0 Å². The lowest BCUT2D eigenvalue weighted by atomic mass is 9.90. The second-order valence-corrected chi connectivity index (χ2v) is 7.33. The highest BCUT2D eigenvalue weighted by molar-refractivity contribution is 7.80. The summed E-state index contributed by atoms with van der Waals surface area (Å²) in [5.41, 5.74) is 2.90. The first-order chi connectivity index (χ1) is 12.6. The lowest BCUT2D eigenvalue weighted by Gasteiger charge is -2.52. The number of nitrogens with zero attached hydrogens (tertiary/aromatic N) is 1. The molecule has 0 spiro atoms. The third-order valence-corrected chi connectivity index (χ3v) is 5.47. The van der Waals surface area contributed by atoms with Crippen molar-refractivity contribution in [3.63, 3.8) is 0 Å². The first-order valence-corrected chi connectivity index (χ1v) is 9.61. The van der Waals surface area contributed by atoms with Gasteiger partial charge in [0.25, 0.3) is 0 Å². The molecule has 0 aromatic heterocycles. The van der Waals surface area contributed by atoms with Gasteiger partial charge < -0.3 is 14.8 Å². The quantitative estimate of drug-likeness (QED) is 0.799. The Hall–Kier alpha value is -2.27. The van der Waals surface area contributed by atoms with Crippen molar-refractivity contribution in [2.24, 2.45) is 0 Å². The van der Waals surface area contributed by atoms with E-state index in [-0.39, 0.29) is 6.04 Å². The van der Waals surface area contributed by atoms with E-state index in [1.807, 2.05) is 19.1 Å². The van der Waals surface area contributed by atoms with Crippen LogP contribution in [0.4, 0.5) is 5.69 Å². The van der Waals surface area contributed by atoms with E-state index in [2.05, 4.69) is 54.4 Å². The minimum absolute atomic E-state index is 0.128. The molecule has 0 amide bonds. The highest BCUT2D eigenvalue weighted by Crippen LogP contribution is 2.49. The topological polar surface area (TPSA) is 33.7 Å². The van der Waals surface area contributed by atoms with Crippen LogP contribution in [-0.2, 0) is 6.42 Å². The Morgan fingerprint density at radius 1 is 1.23 bits per heavy atom. The normalized spacial score (nSPS) is 23.7. The molecule has 2 atom stereocenters. The van der Waals surface area contributed by atoms with Crippen LogP contribution in [0.3, 0.4) is 0 Å². The highest BCUT2D eigenvalue weighted by atomic mass is 32.1. The molecule has 0 radical (unpaired) electrons. The maximum Gasteiger partial charge on any atom is 0.188 e. The molecule has 2 heterocycles. The summed E-state index contributed by atoms with van der Waals surface area (Å²) in [7, 11) is 0. The van der Waals surface area contributed by atoms with E-state index >= 15 is 0 Å². The molecule has 5 heteroatoms. The number of rotatable bonds is 4. The Morgan fingerprint density at radius 2 is 2.00 bits per heavy atom. The van der Waals surface area contributed by atoms with Crippen LogP contribution in [-0.4, -0.2) is 17.4 Å². The second-order valence-electron chi connectivity index (χ2n) is 6.95. The summed E-state index contributed by atoms with van der Waals surface area (Å²) in [6.45, 7) is 6.85.